The van der Waals surface area contributed by atoms with Crippen LogP contribution >= 0.6 is 11.3 Å². The molecule has 8 heteroatoms. The van der Waals surface area contributed by atoms with Crippen LogP contribution in [-0.4, -0.2) is 22.4 Å². The number of hydrogen-bond acceptors (Lipinski definition) is 6. The van der Waals surface area contributed by atoms with Gasteiger partial charge in [0.15, 0.2) is 5.13 Å². The van der Waals surface area contributed by atoms with Crippen molar-refractivity contribution in [1.82, 2.24) is 4.98 Å². The second-order valence-electron chi connectivity index (χ2n) is 5.23. The highest BCUT2D eigenvalue weighted by molar-refractivity contribution is 7.14. The highest BCUT2D eigenvalue weighted by Gasteiger charge is 2.15. The first-order valence-corrected chi connectivity index (χ1v) is 8.70. The lowest BCUT2D eigenvalue weighted by molar-refractivity contribution is -0.384. The van der Waals surface area contributed by atoms with E-state index in [9.17, 15) is 14.9 Å². The zero-order valence-electron chi connectivity index (χ0n) is 13.8. The summed E-state index contributed by atoms with van der Waals surface area (Å²) in [6, 6.07) is 13.2. The molecule has 2 aromatic carbocycles. The maximum absolute atomic E-state index is 12.5. The summed E-state index contributed by atoms with van der Waals surface area (Å²) in [6.45, 7) is 2.30. The third kappa shape index (κ3) is 3.86. The van der Waals surface area contributed by atoms with E-state index in [2.05, 4.69) is 10.3 Å². The predicted octanol–water partition coefficient (Wildman–Crippen LogP) is 4.37. The van der Waals surface area contributed by atoms with Crippen molar-refractivity contribution in [3.63, 3.8) is 0 Å². The summed E-state index contributed by atoms with van der Waals surface area (Å²) in [5, 5.41) is 15.8. The molecule has 0 saturated heterocycles. The smallest absolute Gasteiger partial charge is 0.270 e. The summed E-state index contributed by atoms with van der Waals surface area (Å²) < 4.78 is 5.46. The van der Waals surface area contributed by atoms with E-state index in [4.69, 9.17) is 4.74 Å². The Morgan fingerprint density at radius 2 is 2.08 bits per heavy atom. The molecule has 3 aromatic rings. The second-order valence-corrected chi connectivity index (χ2v) is 6.09. The summed E-state index contributed by atoms with van der Waals surface area (Å²) >= 11 is 1.25. The molecule has 1 heterocycles. The number of ether oxygens (including phenoxy) is 1. The van der Waals surface area contributed by atoms with Crippen LogP contribution in [-0.2, 0) is 0 Å². The van der Waals surface area contributed by atoms with Gasteiger partial charge in [-0.15, -0.1) is 11.3 Å². The number of nitro groups is 1. The number of nitrogens with zero attached hydrogens (tertiary/aromatic N) is 2. The van der Waals surface area contributed by atoms with Crippen molar-refractivity contribution in [2.75, 3.05) is 11.9 Å². The van der Waals surface area contributed by atoms with Gasteiger partial charge in [-0.25, -0.2) is 4.98 Å². The van der Waals surface area contributed by atoms with E-state index in [1.54, 1.807) is 41.8 Å². The molecule has 0 aliphatic heterocycles. The fourth-order valence-corrected chi connectivity index (χ4v) is 3.06. The maximum Gasteiger partial charge on any atom is 0.270 e. The lowest BCUT2D eigenvalue weighted by Gasteiger charge is -2.08. The second kappa shape index (κ2) is 7.75. The van der Waals surface area contributed by atoms with Gasteiger partial charge in [0.25, 0.3) is 11.6 Å². The molecule has 1 amide bonds. The highest BCUT2D eigenvalue weighted by Crippen LogP contribution is 2.28. The molecule has 0 atom stereocenters. The summed E-state index contributed by atoms with van der Waals surface area (Å²) in [5.41, 5.74) is 1.59. The number of aromatic nitrogens is 1. The van der Waals surface area contributed by atoms with Gasteiger partial charge in [-0.2, -0.15) is 0 Å². The number of rotatable bonds is 6. The summed E-state index contributed by atoms with van der Waals surface area (Å²) in [4.78, 5) is 27.3. The van der Waals surface area contributed by atoms with Gasteiger partial charge in [0.2, 0.25) is 0 Å². The van der Waals surface area contributed by atoms with Crippen molar-refractivity contribution in [1.29, 1.82) is 0 Å². The van der Waals surface area contributed by atoms with Crippen molar-refractivity contribution in [3.05, 3.63) is 69.6 Å². The average molecular weight is 369 g/mol. The standard InChI is InChI=1S/C18H15N3O4S/c1-2-25-16-9-4-3-8-14(16)17(22)20-18-19-15(11-26-18)12-6-5-7-13(10-12)21(23)24/h3-11H,2H2,1H3,(H,19,20,22). The highest BCUT2D eigenvalue weighted by atomic mass is 32.1. The Morgan fingerprint density at radius 3 is 2.85 bits per heavy atom. The van der Waals surface area contributed by atoms with Crippen LogP contribution in [0, 0.1) is 10.1 Å². The van der Waals surface area contributed by atoms with Crippen molar-refractivity contribution >= 4 is 28.1 Å². The Kier molecular flexibility index (Phi) is 5.23. The minimum absolute atomic E-state index is 0.00766. The Balaban J connectivity index is 1.80. The van der Waals surface area contributed by atoms with Crippen molar-refractivity contribution in [2.45, 2.75) is 6.92 Å². The first-order valence-electron chi connectivity index (χ1n) is 7.82. The third-order valence-corrected chi connectivity index (χ3v) is 4.27. The number of nitrogens with one attached hydrogen (secondary N) is 1. The van der Waals surface area contributed by atoms with Crippen LogP contribution in [0.1, 0.15) is 17.3 Å². The normalized spacial score (nSPS) is 10.3. The molecule has 7 nitrogen and oxygen atoms in total. The lowest BCUT2D eigenvalue weighted by Crippen LogP contribution is -2.13. The van der Waals surface area contributed by atoms with Crippen molar-refractivity contribution < 1.29 is 14.5 Å². The minimum Gasteiger partial charge on any atom is -0.493 e. The molecule has 0 aliphatic rings. The van der Waals surface area contributed by atoms with Crippen LogP contribution in [0.4, 0.5) is 10.8 Å². The maximum atomic E-state index is 12.5. The van der Waals surface area contributed by atoms with Gasteiger partial charge >= 0.3 is 0 Å². The van der Waals surface area contributed by atoms with Crippen LogP contribution in [0.5, 0.6) is 5.75 Å². The van der Waals surface area contributed by atoms with E-state index in [1.807, 2.05) is 6.92 Å². The van der Waals surface area contributed by atoms with Gasteiger partial charge in [-0.05, 0) is 19.1 Å². The van der Waals surface area contributed by atoms with Crippen LogP contribution in [0.3, 0.4) is 0 Å². The molecule has 0 bridgehead atoms. The van der Waals surface area contributed by atoms with E-state index in [0.717, 1.165) is 0 Å². The van der Waals surface area contributed by atoms with Gasteiger partial charge in [-0.1, -0.05) is 24.3 Å². The largest absolute Gasteiger partial charge is 0.493 e. The molecule has 0 aliphatic carbocycles. The van der Waals surface area contributed by atoms with E-state index in [1.165, 1.54) is 23.5 Å². The molecule has 132 valence electrons. The number of carbonyl (C=O) groups excluding carboxylic acids is 1. The molecule has 0 spiro atoms. The number of thiazole rings is 1. The minimum atomic E-state index is -0.455. The Morgan fingerprint density at radius 1 is 1.27 bits per heavy atom. The number of carbonyl (C=O) groups is 1. The average Bonchev–Trinajstić information content (AvgIpc) is 3.11. The summed E-state index contributed by atoms with van der Waals surface area (Å²) in [7, 11) is 0. The monoisotopic (exact) mass is 369 g/mol. The molecule has 0 saturated carbocycles. The van der Waals surface area contributed by atoms with Gasteiger partial charge in [0.05, 0.1) is 22.8 Å². The van der Waals surface area contributed by atoms with Gasteiger partial charge in [0, 0.05) is 23.1 Å². The van der Waals surface area contributed by atoms with E-state index < -0.39 is 4.92 Å². The molecule has 1 N–H and O–H groups in total. The van der Waals surface area contributed by atoms with E-state index in [-0.39, 0.29) is 11.6 Å². The van der Waals surface area contributed by atoms with Gasteiger partial charge in [0.1, 0.15) is 5.75 Å². The number of non-ortho nitro benzene ring substituents is 1. The molecule has 1 aromatic heterocycles. The lowest BCUT2D eigenvalue weighted by atomic mass is 10.1. The molecular weight excluding hydrogens is 354 g/mol. The SMILES string of the molecule is CCOc1ccccc1C(=O)Nc1nc(-c2cccc([N+](=O)[O-])c2)cs1. The number of nitro benzene ring substituents is 1. The molecule has 0 fully saturated rings. The number of hydrogen-bond donors (Lipinski definition) is 1. The molecule has 3 rings (SSSR count). The number of benzene rings is 2. The fourth-order valence-electron chi connectivity index (χ4n) is 2.34. The Hall–Kier alpha value is -3.26. The number of para-hydroxylation sites is 1. The number of anilines is 1. The first-order chi connectivity index (χ1) is 12.6. The van der Waals surface area contributed by atoms with Crippen molar-refractivity contribution in [3.8, 4) is 17.0 Å². The first kappa shape index (κ1) is 17.6. The summed E-state index contributed by atoms with van der Waals surface area (Å²) in [5.74, 6) is 0.178. The van der Waals surface area contributed by atoms with Crippen molar-refractivity contribution in [2.24, 2.45) is 0 Å². The Labute approximate surface area is 153 Å². The molecule has 0 unspecified atom stereocenters. The fraction of sp³-hybridized carbons (Fsp3) is 0.111. The molecule has 26 heavy (non-hydrogen) atoms. The van der Waals surface area contributed by atoms with Crippen LogP contribution < -0.4 is 10.1 Å². The Bertz CT molecular complexity index is 955. The topological polar surface area (TPSA) is 94.4 Å². The zero-order chi connectivity index (χ0) is 18.5. The quantitative estimate of drug-likeness (QED) is 0.514. The van der Waals surface area contributed by atoms with Gasteiger partial charge < -0.3 is 4.74 Å². The zero-order valence-corrected chi connectivity index (χ0v) is 14.7. The van der Waals surface area contributed by atoms with Crippen LogP contribution in [0.25, 0.3) is 11.3 Å². The molecule has 0 radical (unpaired) electrons. The summed E-state index contributed by atoms with van der Waals surface area (Å²) in [6.07, 6.45) is 0. The van der Waals surface area contributed by atoms with E-state index in [0.29, 0.717) is 34.3 Å². The predicted molar refractivity (Wildman–Crippen MR) is 99.8 cm³/mol. The van der Waals surface area contributed by atoms with Crippen LogP contribution in [0.2, 0.25) is 0 Å². The molecular formula is C18H15N3O4S. The third-order valence-electron chi connectivity index (χ3n) is 3.51. The van der Waals surface area contributed by atoms with E-state index >= 15 is 0 Å². The van der Waals surface area contributed by atoms with Gasteiger partial charge in [-0.3, -0.25) is 20.2 Å². The number of amides is 1. The van der Waals surface area contributed by atoms with Crippen LogP contribution in [0.15, 0.2) is 53.9 Å².